The van der Waals surface area contributed by atoms with Gasteiger partial charge in [0, 0.05) is 4.88 Å². The van der Waals surface area contributed by atoms with Crippen LogP contribution in [0.2, 0.25) is 0 Å². The van der Waals surface area contributed by atoms with Crippen LogP contribution in [0.15, 0.2) is 41.8 Å². The van der Waals surface area contributed by atoms with Crippen LogP contribution in [0.5, 0.6) is 0 Å². The zero-order valence-electron chi connectivity index (χ0n) is 12.0. The van der Waals surface area contributed by atoms with Crippen molar-refractivity contribution in [2.24, 2.45) is 5.92 Å². The Balaban J connectivity index is 1.62. The Labute approximate surface area is 132 Å². The third-order valence-corrected chi connectivity index (χ3v) is 4.78. The number of carboxylic acid groups (broad SMARTS) is 1. The Morgan fingerprint density at radius 2 is 1.95 bits per heavy atom. The van der Waals surface area contributed by atoms with E-state index in [9.17, 15) is 9.59 Å². The zero-order valence-corrected chi connectivity index (χ0v) is 12.8. The molecule has 2 N–H and O–H groups in total. The average molecular weight is 315 g/mol. The predicted molar refractivity (Wildman–Crippen MR) is 85.0 cm³/mol. The molecular formula is C17H17NO3S. The summed E-state index contributed by atoms with van der Waals surface area (Å²) in [5.74, 6) is -0.423. The van der Waals surface area contributed by atoms with Crippen LogP contribution in [0, 0.1) is 5.92 Å². The molecule has 0 spiro atoms. The Bertz CT molecular complexity index is 660. The van der Waals surface area contributed by atoms with Crippen LogP contribution in [0.4, 0.5) is 0 Å². The molecule has 3 rings (SSSR count). The summed E-state index contributed by atoms with van der Waals surface area (Å²) in [4.78, 5) is 24.3. The Hall–Kier alpha value is -2.14. The molecule has 0 aliphatic heterocycles. The molecule has 1 aromatic carbocycles. The summed E-state index contributed by atoms with van der Waals surface area (Å²) in [6.07, 6.45) is 2.60. The first-order valence-corrected chi connectivity index (χ1v) is 8.16. The second kappa shape index (κ2) is 6.32. The van der Waals surface area contributed by atoms with E-state index in [4.69, 9.17) is 5.11 Å². The van der Waals surface area contributed by atoms with Gasteiger partial charge >= 0.3 is 5.97 Å². The largest absolute Gasteiger partial charge is 0.478 e. The molecule has 1 aliphatic rings. The molecule has 114 valence electrons. The van der Waals surface area contributed by atoms with E-state index in [0.29, 0.717) is 5.92 Å². The Morgan fingerprint density at radius 1 is 1.23 bits per heavy atom. The Kier molecular flexibility index (Phi) is 4.24. The fourth-order valence-corrected chi connectivity index (χ4v) is 3.36. The number of nitrogens with one attached hydrogen (secondary N) is 1. The zero-order chi connectivity index (χ0) is 15.5. The summed E-state index contributed by atoms with van der Waals surface area (Å²) in [5, 5.41) is 14.0. The van der Waals surface area contributed by atoms with Gasteiger partial charge in [-0.2, -0.15) is 0 Å². The molecule has 1 fully saturated rings. The predicted octanol–water partition coefficient (Wildman–Crippen LogP) is 3.26. The van der Waals surface area contributed by atoms with Crippen LogP contribution in [-0.4, -0.2) is 17.0 Å². The smallest absolute Gasteiger partial charge is 0.335 e. The number of carboxylic acids is 1. The van der Waals surface area contributed by atoms with Crippen molar-refractivity contribution in [1.29, 1.82) is 0 Å². The monoisotopic (exact) mass is 315 g/mol. The van der Waals surface area contributed by atoms with E-state index >= 15 is 0 Å². The third kappa shape index (κ3) is 3.54. The Morgan fingerprint density at radius 3 is 2.50 bits per heavy atom. The molecule has 0 bridgehead atoms. The third-order valence-electron chi connectivity index (χ3n) is 3.83. The number of benzene rings is 1. The lowest BCUT2D eigenvalue weighted by molar-refractivity contribution is -0.121. The molecule has 22 heavy (non-hydrogen) atoms. The number of hydrogen-bond donors (Lipinski definition) is 2. The van der Waals surface area contributed by atoms with E-state index in [0.717, 1.165) is 18.4 Å². The lowest BCUT2D eigenvalue weighted by Crippen LogP contribution is -2.30. The van der Waals surface area contributed by atoms with Crippen molar-refractivity contribution in [2.45, 2.75) is 25.3 Å². The van der Waals surface area contributed by atoms with Gasteiger partial charge in [-0.25, -0.2) is 4.79 Å². The van der Waals surface area contributed by atoms with E-state index in [2.05, 4.69) is 11.4 Å². The van der Waals surface area contributed by atoms with Crippen molar-refractivity contribution in [2.75, 3.05) is 0 Å². The first kappa shape index (κ1) is 14.8. The standard InChI is InChI=1S/C17H17NO3S/c19-15(10-11-3-5-13(6-4-11)17(20)21)18-16(12-7-8-12)14-2-1-9-22-14/h1-6,9,12,16H,7-8,10H2,(H,18,19)(H,20,21). The molecule has 1 unspecified atom stereocenters. The van der Waals surface area contributed by atoms with Crippen LogP contribution in [0.25, 0.3) is 0 Å². The quantitative estimate of drug-likeness (QED) is 0.860. The van der Waals surface area contributed by atoms with Gasteiger partial charge in [-0.3, -0.25) is 4.79 Å². The van der Waals surface area contributed by atoms with Crippen molar-refractivity contribution in [3.8, 4) is 0 Å². The molecule has 1 aliphatic carbocycles. The maximum atomic E-state index is 12.2. The molecule has 1 saturated carbocycles. The molecule has 1 heterocycles. The number of rotatable bonds is 6. The van der Waals surface area contributed by atoms with Crippen LogP contribution < -0.4 is 5.32 Å². The first-order valence-electron chi connectivity index (χ1n) is 7.28. The van der Waals surface area contributed by atoms with Crippen molar-refractivity contribution in [1.82, 2.24) is 5.32 Å². The highest BCUT2D eigenvalue weighted by atomic mass is 32.1. The minimum absolute atomic E-state index is 0.0200. The van der Waals surface area contributed by atoms with E-state index < -0.39 is 5.97 Å². The van der Waals surface area contributed by atoms with Crippen LogP contribution in [-0.2, 0) is 11.2 Å². The average Bonchev–Trinajstić information content (AvgIpc) is 3.19. The van der Waals surface area contributed by atoms with Crippen molar-refractivity contribution in [3.63, 3.8) is 0 Å². The maximum absolute atomic E-state index is 12.2. The normalized spacial score (nSPS) is 15.3. The van der Waals surface area contributed by atoms with Gasteiger partial charge in [-0.05, 0) is 47.9 Å². The van der Waals surface area contributed by atoms with Crippen molar-refractivity contribution < 1.29 is 14.7 Å². The summed E-state index contributed by atoms with van der Waals surface area (Å²) in [6, 6.07) is 10.6. The molecule has 1 amide bonds. The molecule has 2 aromatic rings. The van der Waals surface area contributed by atoms with Gasteiger partial charge < -0.3 is 10.4 Å². The molecular weight excluding hydrogens is 298 g/mol. The number of thiophene rings is 1. The summed E-state index contributed by atoms with van der Waals surface area (Å²) >= 11 is 1.67. The number of carbonyl (C=O) groups excluding carboxylic acids is 1. The van der Waals surface area contributed by atoms with Crippen molar-refractivity contribution >= 4 is 23.2 Å². The molecule has 0 saturated heterocycles. The maximum Gasteiger partial charge on any atom is 0.335 e. The van der Waals surface area contributed by atoms with E-state index in [1.54, 1.807) is 23.5 Å². The highest BCUT2D eigenvalue weighted by Gasteiger charge is 2.33. The lowest BCUT2D eigenvalue weighted by atomic mass is 10.1. The fraction of sp³-hybridized carbons (Fsp3) is 0.294. The summed E-state index contributed by atoms with van der Waals surface area (Å²) in [6.45, 7) is 0. The SMILES string of the molecule is O=C(Cc1ccc(C(=O)O)cc1)NC(c1cccs1)C1CC1. The van der Waals surface area contributed by atoms with Gasteiger partial charge in [-0.1, -0.05) is 18.2 Å². The first-order chi connectivity index (χ1) is 10.6. The van der Waals surface area contributed by atoms with Crippen molar-refractivity contribution in [3.05, 3.63) is 57.8 Å². The minimum atomic E-state index is -0.956. The highest BCUT2D eigenvalue weighted by Crippen LogP contribution is 2.42. The minimum Gasteiger partial charge on any atom is -0.478 e. The fourth-order valence-electron chi connectivity index (χ4n) is 2.49. The van der Waals surface area contributed by atoms with Gasteiger partial charge in [0.05, 0.1) is 18.0 Å². The van der Waals surface area contributed by atoms with Gasteiger partial charge in [0.2, 0.25) is 5.91 Å². The van der Waals surface area contributed by atoms with Crippen LogP contribution in [0.3, 0.4) is 0 Å². The molecule has 1 aromatic heterocycles. The van der Waals surface area contributed by atoms with E-state index in [1.165, 1.54) is 17.0 Å². The molecule has 4 nitrogen and oxygen atoms in total. The topological polar surface area (TPSA) is 66.4 Å². The molecule has 5 heteroatoms. The highest BCUT2D eigenvalue weighted by molar-refractivity contribution is 7.10. The van der Waals surface area contributed by atoms with Gasteiger partial charge in [0.1, 0.15) is 0 Å². The van der Waals surface area contributed by atoms with Gasteiger partial charge in [0.15, 0.2) is 0 Å². The summed E-state index contributed by atoms with van der Waals surface area (Å²) in [7, 11) is 0. The number of amides is 1. The summed E-state index contributed by atoms with van der Waals surface area (Å²) < 4.78 is 0. The van der Waals surface area contributed by atoms with Crippen LogP contribution >= 0.6 is 11.3 Å². The molecule has 0 radical (unpaired) electrons. The second-order valence-electron chi connectivity index (χ2n) is 5.58. The van der Waals surface area contributed by atoms with Crippen LogP contribution in [0.1, 0.15) is 39.7 Å². The lowest BCUT2D eigenvalue weighted by Gasteiger charge is -2.17. The number of carbonyl (C=O) groups is 2. The number of hydrogen-bond acceptors (Lipinski definition) is 3. The number of aromatic carboxylic acids is 1. The van der Waals surface area contributed by atoms with E-state index in [-0.39, 0.29) is 23.9 Å². The molecule has 1 atom stereocenters. The summed E-state index contributed by atoms with van der Waals surface area (Å²) in [5.41, 5.74) is 1.06. The second-order valence-corrected chi connectivity index (χ2v) is 6.56. The van der Waals surface area contributed by atoms with Gasteiger partial charge in [0.25, 0.3) is 0 Å². The van der Waals surface area contributed by atoms with Gasteiger partial charge in [-0.15, -0.1) is 11.3 Å². The van der Waals surface area contributed by atoms with E-state index in [1.807, 2.05) is 11.4 Å².